The summed E-state index contributed by atoms with van der Waals surface area (Å²) in [6.07, 6.45) is 0. The fourth-order valence-electron chi connectivity index (χ4n) is 1.02. The molecule has 68 valence electrons. The number of nitrogens with one attached hydrogen (secondary N) is 1. The summed E-state index contributed by atoms with van der Waals surface area (Å²) in [5.41, 5.74) is 3.90. The van der Waals surface area contributed by atoms with Crippen LogP contribution in [-0.4, -0.2) is 7.05 Å². The Morgan fingerprint density at radius 3 is 2.08 bits per heavy atom. The first-order valence-corrected chi connectivity index (χ1v) is 4.49. The highest BCUT2D eigenvalue weighted by Crippen LogP contribution is 2.16. The molecule has 0 aromatic heterocycles. The molecule has 1 rings (SSSR count). The molecule has 0 amide bonds. The normalized spacial score (nSPS) is 8.42. The van der Waals surface area contributed by atoms with Gasteiger partial charge >= 0.3 is 0 Å². The van der Waals surface area contributed by atoms with Crippen LogP contribution in [0.5, 0.6) is 0 Å². The van der Waals surface area contributed by atoms with E-state index in [9.17, 15) is 0 Å². The van der Waals surface area contributed by atoms with Gasteiger partial charge in [-0.1, -0.05) is 26.0 Å². The van der Waals surface area contributed by atoms with Gasteiger partial charge in [0.1, 0.15) is 0 Å². The Bertz CT molecular complexity index is 228. The molecule has 0 saturated heterocycles. The number of anilines is 1. The van der Waals surface area contributed by atoms with Crippen molar-refractivity contribution in [2.45, 2.75) is 27.7 Å². The quantitative estimate of drug-likeness (QED) is 0.672. The summed E-state index contributed by atoms with van der Waals surface area (Å²) in [5.74, 6) is 0. The molecule has 0 unspecified atom stereocenters. The number of hydrogen-bond donors (Lipinski definition) is 1. The molecule has 0 aliphatic heterocycles. The van der Waals surface area contributed by atoms with E-state index in [0.717, 1.165) is 0 Å². The zero-order chi connectivity index (χ0) is 9.56. The summed E-state index contributed by atoms with van der Waals surface area (Å²) in [5, 5.41) is 3.14. The molecule has 0 atom stereocenters. The molecular weight excluding hydrogens is 146 g/mol. The highest BCUT2D eigenvalue weighted by molar-refractivity contribution is 5.52. The predicted octanol–water partition coefficient (Wildman–Crippen LogP) is 3.37. The van der Waals surface area contributed by atoms with Crippen molar-refractivity contribution in [1.82, 2.24) is 0 Å². The highest BCUT2D eigenvalue weighted by atomic mass is 14.8. The maximum atomic E-state index is 3.14. The van der Waals surface area contributed by atoms with E-state index in [-0.39, 0.29) is 0 Å². The lowest BCUT2D eigenvalue weighted by molar-refractivity contribution is 1.32. The third-order valence-electron chi connectivity index (χ3n) is 1.87. The Kier molecular flexibility index (Phi) is 5.18. The third-order valence-corrected chi connectivity index (χ3v) is 1.87. The van der Waals surface area contributed by atoms with E-state index in [4.69, 9.17) is 0 Å². The Morgan fingerprint density at radius 2 is 1.67 bits per heavy atom. The number of benzene rings is 1. The van der Waals surface area contributed by atoms with E-state index in [1.54, 1.807) is 0 Å². The van der Waals surface area contributed by atoms with Gasteiger partial charge in [-0.15, -0.1) is 0 Å². The van der Waals surface area contributed by atoms with Gasteiger partial charge in [-0.05, 0) is 31.0 Å². The maximum absolute atomic E-state index is 3.14. The van der Waals surface area contributed by atoms with Gasteiger partial charge in [0.25, 0.3) is 0 Å². The van der Waals surface area contributed by atoms with E-state index >= 15 is 0 Å². The van der Waals surface area contributed by atoms with Crippen LogP contribution in [0.4, 0.5) is 5.69 Å². The molecule has 1 heteroatoms. The molecule has 1 aromatic rings. The second kappa shape index (κ2) is 5.64. The van der Waals surface area contributed by atoms with Gasteiger partial charge in [0.15, 0.2) is 0 Å². The van der Waals surface area contributed by atoms with Gasteiger partial charge in [0.05, 0.1) is 0 Å². The van der Waals surface area contributed by atoms with Crippen molar-refractivity contribution in [1.29, 1.82) is 0 Å². The minimum absolute atomic E-state index is 1.22. The van der Waals surface area contributed by atoms with Gasteiger partial charge in [0, 0.05) is 12.7 Å². The number of hydrogen-bond acceptors (Lipinski definition) is 1. The largest absolute Gasteiger partial charge is 0.388 e. The molecule has 0 radical (unpaired) electrons. The summed E-state index contributed by atoms with van der Waals surface area (Å²) in [6.45, 7) is 8.25. The summed E-state index contributed by atoms with van der Waals surface area (Å²) in [7, 11) is 1.95. The predicted molar refractivity (Wildman–Crippen MR) is 56.8 cm³/mol. The summed E-state index contributed by atoms with van der Waals surface area (Å²) in [4.78, 5) is 0. The summed E-state index contributed by atoms with van der Waals surface area (Å²) >= 11 is 0. The molecule has 12 heavy (non-hydrogen) atoms. The van der Waals surface area contributed by atoms with E-state index in [1.807, 2.05) is 20.9 Å². The molecule has 0 heterocycles. The van der Waals surface area contributed by atoms with Crippen LogP contribution in [0.3, 0.4) is 0 Å². The lowest BCUT2D eigenvalue weighted by Crippen LogP contribution is -1.92. The van der Waals surface area contributed by atoms with Crippen LogP contribution in [0.15, 0.2) is 18.2 Å². The van der Waals surface area contributed by atoms with E-state index < -0.39 is 0 Å². The minimum atomic E-state index is 1.22. The van der Waals surface area contributed by atoms with Crippen LogP contribution < -0.4 is 5.32 Å². The Labute approximate surface area is 75.8 Å². The Morgan fingerprint density at radius 1 is 1.08 bits per heavy atom. The Hall–Kier alpha value is -0.980. The van der Waals surface area contributed by atoms with Gasteiger partial charge in [-0.2, -0.15) is 0 Å². The van der Waals surface area contributed by atoms with Gasteiger partial charge < -0.3 is 5.32 Å². The molecule has 1 N–H and O–H groups in total. The van der Waals surface area contributed by atoms with E-state index in [0.29, 0.717) is 0 Å². The first-order chi connectivity index (χ1) is 5.75. The van der Waals surface area contributed by atoms with Gasteiger partial charge in [-0.25, -0.2) is 0 Å². The highest BCUT2D eigenvalue weighted by Gasteiger charge is 1.95. The number of rotatable bonds is 1. The van der Waals surface area contributed by atoms with Crippen LogP contribution in [-0.2, 0) is 0 Å². The topological polar surface area (TPSA) is 12.0 Å². The van der Waals surface area contributed by atoms with Crippen molar-refractivity contribution in [3.8, 4) is 0 Å². The van der Waals surface area contributed by atoms with Crippen molar-refractivity contribution in [3.63, 3.8) is 0 Å². The van der Waals surface area contributed by atoms with Crippen LogP contribution in [0.2, 0.25) is 0 Å². The monoisotopic (exact) mass is 165 g/mol. The third kappa shape index (κ3) is 2.57. The fourth-order valence-corrected chi connectivity index (χ4v) is 1.02. The zero-order valence-electron chi connectivity index (χ0n) is 8.73. The molecule has 1 nitrogen and oxygen atoms in total. The van der Waals surface area contributed by atoms with Gasteiger partial charge in [0.2, 0.25) is 0 Å². The average molecular weight is 165 g/mol. The molecule has 1 aromatic carbocycles. The average Bonchev–Trinajstić information content (AvgIpc) is 2.13. The zero-order valence-corrected chi connectivity index (χ0v) is 8.73. The van der Waals surface area contributed by atoms with Gasteiger partial charge in [-0.3, -0.25) is 0 Å². The molecule has 0 aliphatic carbocycles. The second-order valence-electron chi connectivity index (χ2n) is 2.50. The molecule has 0 spiro atoms. The van der Waals surface area contributed by atoms with Crippen LogP contribution >= 0.6 is 0 Å². The second-order valence-corrected chi connectivity index (χ2v) is 2.50. The molecule has 0 saturated carbocycles. The smallest absolute Gasteiger partial charge is 0.0369 e. The lowest BCUT2D eigenvalue weighted by Gasteiger charge is -2.06. The van der Waals surface area contributed by atoms with Crippen molar-refractivity contribution in [3.05, 3.63) is 29.3 Å². The fraction of sp³-hybridized carbons (Fsp3) is 0.455. The van der Waals surface area contributed by atoms with Crippen molar-refractivity contribution in [2.75, 3.05) is 12.4 Å². The number of aryl methyl sites for hydroxylation is 1. The van der Waals surface area contributed by atoms with Crippen LogP contribution in [0.1, 0.15) is 25.0 Å². The molecule has 0 bridgehead atoms. The SMILES string of the molecule is CC.CNc1cccc(C)c1C. The van der Waals surface area contributed by atoms with E-state index in [1.165, 1.54) is 16.8 Å². The maximum Gasteiger partial charge on any atom is 0.0369 e. The van der Waals surface area contributed by atoms with E-state index in [2.05, 4.69) is 37.4 Å². The van der Waals surface area contributed by atoms with Crippen molar-refractivity contribution < 1.29 is 0 Å². The van der Waals surface area contributed by atoms with Crippen molar-refractivity contribution in [2.24, 2.45) is 0 Å². The summed E-state index contributed by atoms with van der Waals surface area (Å²) in [6, 6.07) is 6.27. The first kappa shape index (κ1) is 11.0. The van der Waals surface area contributed by atoms with Crippen molar-refractivity contribution >= 4 is 5.69 Å². The lowest BCUT2D eigenvalue weighted by atomic mass is 10.1. The molecule has 0 aliphatic rings. The molecule has 0 fully saturated rings. The summed E-state index contributed by atoms with van der Waals surface area (Å²) < 4.78 is 0. The van der Waals surface area contributed by atoms with Crippen LogP contribution in [0, 0.1) is 13.8 Å². The minimum Gasteiger partial charge on any atom is -0.388 e. The van der Waals surface area contributed by atoms with Crippen LogP contribution in [0.25, 0.3) is 0 Å². The first-order valence-electron chi connectivity index (χ1n) is 4.49. The standard InChI is InChI=1S/C9H13N.C2H6/c1-7-5-4-6-9(10-3)8(7)2;1-2/h4-6,10H,1-3H3;1-2H3. The Balaban J connectivity index is 0.000000561. The molecular formula is C11H19N.